The summed E-state index contributed by atoms with van der Waals surface area (Å²) in [4.78, 5) is 18.4. The standard InChI is InChI=1S/C13H20N4O/c1-17-6-4-11(5-7-17)16-13(18)12-3-2-10(8-14)9-15-12/h2-3,9,11H,4-8,14H2,1H3,(H,16,18). The van der Waals surface area contributed by atoms with Crippen molar-refractivity contribution in [3.63, 3.8) is 0 Å². The molecule has 2 rings (SSSR count). The molecule has 0 aliphatic carbocycles. The van der Waals surface area contributed by atoms with Gasteiger partial charge in [0.1, 0.15) is 5.69 Å². The minimum atomic E-state index is -0.0897. The number of carbonyl (C=O) groups excluding carboxylic acids is 1. The average molecular weight is 248 g/mol. The summed E-state index contributed by atoms with van der Waals surface area (Å²) in [6.07, 6.45) is 3.66. The maximum Gasteiger partial charge on any atom is 0.270 e. The Morgan fingerprint density at radius 2 is 2.22 bits per heavy atom. The van der Waals surface area contributed by atoms with Gasteiger partial charge in [0.05, 0.1) is 0 Å². The van der Waals surface area contributed by atoms with E-state index in [0.717, 1.165) is 31.5 Å². The third-order valence-corrected chi connectivity index (χ3v) is 3.35. The summed E-state index contributed by atoms with van der Waals surface area (Å²) in [5, 5.41) is 3.03. The fourth-order valence-electron chi connectivity index (χ4n) is 2.09. The Balaban J connectivity index is 1.90. The second-order valence-corrected chi connectivity index (χ2v) is 4.81. The summed E-state index contributed by atoms with van der Waals surface area (Å²) < 4.78 is 0. The number of rotatable bonds is 3. The van der Waals surface area contributed by atoms with Gasteiger partial charge in [-0.25, -0.2) is 0 Å². The van der Waals surface area contributed by atoms with E-state index in [1.54, 1.807) is 12.3 Å². The first-order valence-electron chi connectivity index (χ1n) is 6.33. The largest absolute Gasteiger partial charge is 0.348 e. The molecule has 1 aliphatic heterocycles. The highest BCUT2D eigenvalue weighted by molar-refractivity contribution is 5.92. The van der Waals surface area contributed by atoms with Gasteiger partial charge in [0, 0.05) is 18.8 Å². The molecule has 0 atom stereocenters. The number of piperidine rings is 1. The zero-order valence-corrected chi connectivity index (χ0v) is 10.7. The van der Waals surface area contributed by atoms with Crippen LogP contribution in [0.25, 0.3) is 0 Å². The molecule has 0 bridgehead atoms. The molecule has 1 fully saturated rings. The molecule has 1 saturated heterocycles. The van der Waals surface area contributed by atoms with E-state index in [1.807, 2.05) is 6.07 Å². The lowest BCUT2D eigenvalue weighted by Crippen LogP contribution is -2.43. The topological polar surface area (TPSA) is 71.2 Å². The average Bonchev–Trinajstić information content (AvgIpc) is 2.41. The number of aromatic nitrogens is 1. The molecule has 1 aliphatic rings. The highest BCUT2D eigenvalue weighted by atomic mass is 16.1. The fraction of sp³-hybridized carbons (Fsp3) is 0.538. The first kappa shape index (κ1) is 13.0. The van der Waals surface area contributed by atoms with Crippen molar-refractivity contribution in [2.45, 2.75) is 25.4 Å². The van der Waals surface area contributed by atoms with Gasteiger partial charge in [0.2, 0.25) is 0 Å². The number of amides is 1. The maximum atomic E-state index is 12.0. The number of carbonyl (C=O) groups is 1. The van der Waals surface area contributed by atoms with E-state index in [-0.39, 0.29) is 11.9 Å². The highest BCUT2D eigenvalue weighted by Crippen LogP contribution is 2.09. The van der Waals surface area contributed by atoms with Gasteiger partial charge in [-0.15, -0.1) is 0 Å². The molecule has 2 heterocycles. The lowest BCUT2D eigenvalue weighted by atomic mass is 10.1. The van der Waals surface area contributed by atoms with E-state index in [4.69, 9.17) is 5.73 Å². The van der Waals surface area contributed by atoms with Crippen molar-refractivity contribution in [2.24, 2.45) is 5.73 Å². The smallest absolute Gasteiger partial charge is 0.270 e. The van der Waals surface area contributed by atoms with Crippen LogP contribution in [0.15, 0.2) is 18.3 Å². The highest BCUT2D eigenvalue weighted by Gasteiger charge is 2.19. The van der Waals surface area contributed by atoms with E-state index < -0.39 is 0 Å². The van der Waals surface area contributed by atoms with E-state index in [0.29, 0.717) is 12.2 Å². The summed E-state index contributed by atoms with van der Waals surface area (Å²) in [7, 11) is 2.10. The van der Waals surface area contributed by atoms with Crippen molar-refractivity contribution < 1.29 is 4.79 Å². The van der Waals surface area contributed by atoms with Crippen LogP contribution in [-0.2, 0) is 6.54 Å². The van der Waals surface area contributed by atoms with Gasteiger partial charge in [-0.05, 0) is 44.6 Å². The summed E-state index contributed by atoms with van der Waals surface area (Å²) >= 11 is 0. The summed E-state index contributed by atoms with van der Waals surface area (Å²) in [5.74, 6) is -0.0897. The summed E-state index contributed by atoms with van der Waals surface area (Å²) in [6.45, 7) is 2.51. The van der Waals surface area contributed by atoms with Crippen LogP contribution in [0, 0.1) is 0 Å². The molecule has 0 radical (unpaired) electrons. The van der Waals surface area contributed by atoms with Crippen LogP contribution in [0.5, 0.6) is 0 Å². The predicted molar refractivity (Wildman–Crippen MR) is 70.1 cm³/mol. The fourth-order valence-corrected chi connectivity index (χ4v) is 2.09. The Kier molecular flexibility index (Phi) is 4.28. The minimum Gasteiger partial charge on any atom is -0.348 e. The second-order valence-electron chi connectivity index (χ2n) is 4.81. The molecule has 0 saturated carbocycles. The van der Waals surface area contributed by atoms with Crippen LogP contribution in [0.4, 0.5) is 0 Å². The van der Waals surface area contributed by atoms with Gasteiger partial charge in [0.25, 0.3) is 5.91 Å². The van der Waals surface area contributed by atoms with Crippen molar-refractivity contribution >= 4 is 5.91 Å². The molecule has 18 heavy (non-hydrogen) atoms. The first-order valence-corrected chi connectivity index (χ1v) is 6.33. The quantitative estimate of drug-likeness (QED) is 0.810. The SMILES string of the molecule is CN1CCC(NC(=O)c2ccc(CN)cn2)CC1. The lowest BCUT2D eigenvalue weighted by molar-refractivity contribution is 0.0912. The normalized spacial score (nSPS) is 17.7. The molecular formula is C13H20N4O. The summed E-state index contributed by atoms with van der Waals surface area (Å²) in [6, 6.07) is 3.84. The number of nitrogens with two attached hydrogens (primary N) is 1. The van der Waals surface area contributed by atoms with E-state index in [1.165, 1.54) is 0 Å². The van der Waals surface area contributed by atoms with Crippen LogP contribution < -0.4 is 11.1 Å². The molecule has 5 nitrogen and oxygen atoms in total. The summed E-state index contributed by atoms with van der Waals surface area (Å²) in [5.41, 5.74) is 6.89. The van der Waals surface area contributed by atoms with Crippen LogP contribution in [0.1, 0.15) is 28.9 Å². The molecule has 5 heteroatoms. The monoisotopic (exact) mass is 248 g/mol. The van der Waals surface area contributed by atoms with Crippen molar-refractivity contribution in [1.29, 1.82) is 0 Å². The van der Waals surface area contributed by atoms with Crippen molar-refractivity contribution in [2.75, 3.05) is 20.1 Å². The van der Waals surface area contributed by atoms with Gasteiger partial charge in [-0.3, -0.25) is 9.78 Å². The third kappa shape index (κ3) is 3.27. The van der Waals surface area contributed by atoms with Crippen LogP contribution in [-0.4, -0.2) is 42.0 Å². The zero-order chi connectivity index (χ0) is 13.0. The molecule has 1 aromatic rings. The Morgan fingerprint density at radius 3 is 2.78 bits per heavy atom. The van der Waals surface area contributed by atoms with Gasteiger partial charge in [-0.1, -0.05) is 6.07 Å². The molecule has 1 aromatic heterocycles. The molecule has 3 N–H and O–H groups in total. The van der Waals surface area contributed by atoms with E-state index >= 15 is 0 Å². The van der Waals surface area contributed by atoms with Gasteiger partial charge in [0.15, 0.2) is 0 Å². The molecule has 0 unspecified atom stereocenters. The van der Waals surface area contributed by atoms with Gasteiger partial charge in [-0.2, -0.15) is 0 Å². The van der Waals surface area contributed by atoms with Gasteiger partial charge >= 0.3 is 0 Å². The zero-order valence-electron chi connectivity index (χ0n) is 10.7. The number of likely N-dealkylation sites (tertiary alicyclic amines) is 1. The lowest BCUT2D eigenvalue weighted by Gasteiger charge is -2.29. The van der Waals surface area contributed by atoms with Crippen LogP contribution in [0.2, 0.25) is 0 Å². The number of pyridine rings is 1. The minimum absolute atomic E-state index is 0.0897. The molecule has 0 spiro atoms. The number of nitrogens with one attached hydrogen (secondary N) is 1. The van der Waals surface area contributed by atoms with E-state index in [2.05, 4.69) is 22.2 Å². The Labute approximate surface area is 107 Å². The first-order chi connectivity index (χ1) is 8.69. The maximum absolute atomic E-state index is 12.0. The molecule has 0 aromatic carbocycles. The second kappa shape index (κ2) is 5.93. The van der Waals surface area contributed by atoms with E-state index in [9.17, 15) is 4.79 Å². The number of hydrogen-bond acceptors (Lipinski definition) is 4. The molecular weight excluding hydrogens is 228 g/mol. The van der Waals surface area contributed by atoms with Crippen molar-refractivity contribution in [3.05, 3.63) is 29.6 Å². The number of hydrogen-bond donors (Lipinski definition) is 2. The Morgan fingerprint density at radius 1 is 1.50 bits per heavy atom. The van der Waals surface area contributed by atoms with Crippen LogP contribution >= 0.6 is 0 Å². The van der Waals surface area contributed by atoms with Crippen LogP contribution in [0.3, 0.4) is 0 Å². The third-order valence-electron chi connectivity index (χ3n) is 3.35. The Hall–Kier alpha value is -1.46. The number of nitrogens with zero attached hydrogens (tertiary/aromatic N) is 2. The van der Waals surface area contributed by atoms with Gasteiger partial charge < -0.3 is 16.0 Å². The Bertz CT molecular complexity index is 396. The molecule has 1 amide bonds. The predicted octanol–water partition coefficient (Wildman–Crippen LogP) is 0.364. The van der Waals surface area contributed by atoms with Crippen molar-refractivity contribution in [3.8, 4) is 0 Å². The molecule has 98 valence electrons. The van der Waals surface area contributed by atoms with Crippen molar-refractivity contribution in [1.82, 2.24) is 15.2 Å².